The second-order valence-electron chi connectivity index (χ2n) is 2.93. The van der Waals surface area contributed by atoms with Gasteiger partial charge in [-0.1, -0.05) is 25.7 Å². The van der Waals surface area contributed by atoms with Gasteiger partial charge in [0.05, 0.1) is 0 Å². The molecule has 1 heteroatoms. The highest BCUT2D eigenvalue weighted by Crippen LogP contribution is 2.26. The van der Waals surface area contributed by atoms with E-state index < -0.39 is 0 Å². The third-order valence-electron chi connectivity index (χ3n) is 2.20. The molecule has 0 spiro atoms. The quantitative estimate of drug-likeness (QED) is 0.566. The fourth-order valence-corrected chi connectivity index (χ4v) is 1.58. The monoisotopic (exact) mass is 128 g/mol. The Morgan fingerprint density at radius 1 is 1.33 bits per heavy atom. The van der Waals surface area contributed by atoms with Gasteiger partial charge in [-0.25, -0.2) is 0 Å². The fourth-order valence-electron chi connectivity index (χ4n) is 1.58. The van der Waals surface area contributed by atoms with E-state index in [-0.39, 0.29) is 0 Å². The van der Waals surface area contributed by atoms with Crippen LogP contribution in [0.2, 0.25) is 0 Å². The van der Waals surface area contributed by atoms with E-state index in [1.54, 1.807) is 7.11 Å². The van der Waals surface area contributed by atoms with Gasteiger partial charge in [0.1, 0.15) is 0 Å². The summed E-state index contributed by atoms with van der Waals surface area (Å²) < 4.78 is 5.00. The van der Waals surface area contributed by atoms with Crippen LogP contribution < -0.4 is 0 Å². The molecule has 1 nitrogen and oxygen atoms in total. The van der Waals surface area contributed by atoms with Crippen LogP contribution in [-0.4, -0.2) is 13.7 Å². The number of hydrogen-bond acceptors (Lipinski definition) is 1. The van der Waals surface area contributed by atoms with Crippen LogP contribution in [0, 0.1) is 5.92 Å². The second-order valence-corrected chi connectivity index (χ2v) is 2.93. The average Bonchev–Trinajstić information content (AvgIpc) is 2.34. The van der Waals surface area contributed by atoms with Gasteiger partial charge in [0, 0.05) is 13.7 Å². The van der Waals surface area contributed by atoms with Crippen molar-refractivity contribution < 1.29 is 4.74 Å². The van der Waals surface area contributed by atoms with E-state index in [1.807, 2.05) is 0 Å². The Labute approximate surface area is 57.4 Å². The Morgan fingerprint density at radius 3 is 2.56 bits per heavy atom. The first kappa shape index (κ1) is 7.07. The zero-order valence-electron chi connectivity index (χ0n) is 6.23. The van der Waals surface area contributed by atoms with Crippen LogP contribution in [0.5, 0.6) is 0 Å². The van der Waals surface area contributed by atoms with Crippen molar-refractivity contribution in [1.82, 2.24) is 0 Å². The summed E-state index contributed by atoms with van der Waals surface area (Å²) in [6, 6.07) is 0. The lowest BCUT2D eigenvalue weighted by atomic mass is 10.1. The Balaban J connectivity index is 1.98. The first-order chi connectivity index (χ1) is 4.43. The molecule has 0 aromatic carbocycles. The molecule has 0 atom stereocenters. The highest BCUT2D eigenvalue weighted by molar-refractivity contribution is 4.66. The summed E-state index contributed by atoms with van der Waals surface area (Å²) in [6.07, 6.45) is 7.09. The minimum absolute atomic E-state index is 0.963. The van der Waals surface area contributed by atoms with Gasteiger partial charge in [0.2, 0.25) is 0 Å². The van der Waals surface area contributed by atoms with Gasteiger partial charge in [-0.15, -0.1) is 0 Å². The summed E-state index contributed by atoms with van der Waals surface area (Å²) >= 11 is 0. The lowest BCUT2D eigenvalue weighted by molar-refractivity contribution is 0.178. The summed E-state index contributed by atoms with van der Waals surface area (Å²) in [4.78, 5) is 0. The molecule has 0 aromatic heterocycles. The van der Waals surface area contributed by atoms with Crippen molar-refractivity contribution in [3.05, 3.63) is 0 Å². The van der Waals surface area contributed by atoms with E-state index in [2.05, 4.69) is 0 Å². The molecule has 1 fully saturated rings. The minimum Gasteiger partial charge on any atom is -0.385 e. The molecule has 0 saturated heterocycles. The van der Waals surface area contributed by atoms with Crippen molar-refractivity contribution in [1.29, 1.82) is 0 Å². The van der Waals surface area contributed by atoms with Gasteiger partial charge in [0.25, 0.3) is 0 Å². The summed E-state index contributed by atoms with van der Waals surface area (Å²) in [5, 5.41) is 0. The lowest BCUT2D eigenvalue weighted by Gasteiger charge is -2.05. The predicted octanol–water partition coefficient (Wildman–Crippen LogP) is 2.21. The molecule has 0 aromatic rings. The SMILES string of the molecule is COCCC1CCCC1. The van der Waals surface area contributed by atoms with Crippen molar-refractivity contribution in [2.24, 2.45) is 5.92 Å². The Bertz CT molecular complexity index is 65.0. The lowest BCUT2D eigenvalue weighted by Crippen LogP contribution is -1.98. The summed E-state index contributed by atoms with van der Waals surface area (Å²) in [5.74, 6) is 0.991. The van der Waals surface area contributed by atoms with Crippen molar-refractivity contribution in [2.45, 2.75) is 32.1 Å². The van der Waals surface area contributed by atoms with Crippen LogP contribution >= 0.6 is 0 Å². The molecule has 0 bridgehead atoms. The molecule has 1 saturated carbocycles. The first-order valence-electron chi connectivity index (χ1n) is 3.92. The maximum Gasteiger partial charge on any atom is 0.0464 e. The van der Waals surface area contributed by atoms with Gasteiger partial charge in [0.15, 0.2) is 0 Å². The van der Waals surface area contributed by atoms with Crippen molar-refractivity contribution in [3.63, 3.8) is 0 Å². The van der Waals surface area contributed by atoms with Gasteiger partial charge >= 0.3 is 0 Å². The summed E-state index contributed by atoms with van der Waals surface area (Å²) in [7, 11) is 1.79. The van der Waals surface area contributed by atoms with Crippen LogP contribution in [-0.2, 0) is 4.74 Å². The predicted molar refractivity (Wildman–Crippen MR) is 38.5 cm³/mol. The molecule has 0 unspecified atom stereocenters. The maximum atomic E-state index is 5.00. The smallest absolute Gasteiger partial charge is 0.0464 e. The average molecular weight is 128 g/mol. The molecule has 54 valence electrons. The molecule has 0 heterocycles. The van der Waals surface area contributed by atoms with Crippen molar-refractivity contribution >= 4 is 0 Å². The third kappa shape index (κ3) is 2.35. The van der Waals surface area contributed by atoms with E-state index >= 15 is 0 Å². The molecule has 0 amide bonds. The number of ether oxygens (including phenoxy) is 1. The highest BCUT2D eigenvalue weighted by Gasteiger charge is 2.13. The van der Waals surface area contributed by atoms with Crippen molar-refractivity contribution in [2.75, 3.05) is 13.7 Å². The Hall–Kier alpha value is -0.0400. The standard InChI is InChI=1S/C8H16O/c1-9-7-6-8-4-2-3-5-8/h8H,2-7H2,1H3. The molecular formula is C8H16O. The largest absolute Gasteiger partial charge is 0.385 e. The topological polar surface area (TPSA) is 9.23 Å². The third-order valence-corrected chi connectivity index (χ3v) is 2.20. The number of methoxy groups -OCH3 is 1. The molecule has 9 heavy (non-hydrogen) atoms. The molecule has 1 aliphatic carbocycles. The van der Waals surface area contributed by atoms with Crippen LogP contribution in [0.1, 0.15) is 32.1 Å². The Kier molecular flexibility index (Phi) is 3.05. The van der Waals surface area contributed by atoms with Crippen LogP contribution in [0.3, 0.4) is 0 Å². The molecule has 0 N–H and O–H groups in total. The minimum atomic E-state index is 0.963. The number of hydrogen-bond donors (Lipinski definition) is 0. The van der Waals surface area contributed by atoms with Gasteiger partial charge in [-0.05, 0) is 12.3 Å². The van der Waals surface area contributed by atoms with E-state index in [4.69, 9.17) is 4.74 Å². The first-order valence-corrected chi connectivity index (χ1v) is 3.92. The van der Waals surface area contributed by atoms with E-state index in [0.29, 0.717) is 0 Å². The van der Waals surface area contributed by atoms with Crippen LogP contribution in [0.25, 0.3) is 0 Å². The van der Waals surface area contributed by atoms with Crippen LogP contribution in [0.4, 0.5) is 0 Å². The van der Waals surface area contributed by atoms with Crippen LogP contribution in [0.15, 0.2) is 0 Å². The second kappa shape index (κ2) is 3.89. The zero-order chi connectivity index (χ0) is 6.53. The molecule has 0 radical (unpaired) electrons. The molecular weight excluding hydrogens is 112 g/mol. The van der Waals surface area contributed by atoms with Crippen molar-refractivity contribution in [3.8, 4) is 0 Å². The van der Waals surface area contributed by atoms with Gasteiger partial charge in [-0.3, -0.25) is 0 Å². The van der Waals surface area contributed by atoms with E-state index in [9.17, 15) is 0 Å². The summed E-state index contributed by atoms with van der Waals surface area (Å²) in [5.41, 5.74) is 0. The molecule has 0 aliphatic heterocycles. The highest BCUT2D eigenvalue weighted by atomic mass is 16.5. The van der Waals surface area contributed by atoms with Gasteiger partial charge in [-0.2, -0.15) is 0 Å². The fraction of sp³-hybridized carbons (Fsp3) is 1.00. The van der Waals surface area contributed by atoms with Gasteiger partial charge < -0.3 is 4.74 Å². The Morgan fingerprint density at radius 2 is 2.00 bits per heavy atom. The summed E-state index contributed by atoms with van der Waals surface area (Å²) in [6.45, 7) is 0.963. The molecule has 1 rings (SSSR count). The normalized spacial score (nSPS) is 21.0. The molecule has 1 aliphatic rings. The van der Waals surface area contributed by atoms with E-state index in [0.717, 1.165) is 12.5 Å². The number of rotatable bonds is 3. The maximum absolute atomic E-state index is 5.00. The zero-order valence-corrected chi connectivity index (χ0v) is 6.23. The van der Waals surface area contributed by atoms with E-state index in [1.165, 1.54) is 32.1 Å².